The van der Waals surface area contributed by atoms with Crippen LogP contribution in [0, 0.1) is 23.3 Å². The molecule has 0 aliphatic heterocycles. The first-order chi connectivity index (χ1) is 16.8. The molecule has 1 N–H and O–H groups in total. The number of amides is 1. The summed E-state index contributed by atoms with van der Waals surface area (Å²) >= 11 is 5.77. The summed E-state index contributed by atoms with van der Waals surface area (Å²) in [5, 5.41) is 2.12. The number of benzene rings is 2. The van der Waals surface area contributed by atoms with E-state index in [1.807, 2.05) is 5.32 Å². The number of halogens is 5. The average Bonchev–Trinajstić information content (AvgIpc) is 2.76. The highest BCUT2D eigenvalue weighted by Gasteiger charge is 2.20. The van der Waals surface area contributed by atoms with Crippen LogP contribution in [-0.2, 0) is 9.47 Å². The predicted octanol–water partition coefficient (Wildman–Crippen LogP) is 7.17. The molecule has 6 nitrogen and oxygen atoms in total. The Labute approximate surface area is 210 Å². The summed E-state index contributed by atoms with van der Waals surface area (Å²) in [6.07, 6.45) is -0.892. The minimum atomic E-state index is -0.892. The number of hydrogen-bond acceptors (Lipinski definition) is 5. The highest BCUT2D eigenvalue weighted by atomic mass is 35.5. The Morgan fingerprint density at radius 1 is 0.972 bits per heavy atom. The first-order valence-corrected chi connectivity index (χ1v) is 10.9. The SMILES string of the molecule is CC(C)(C)OC(=O)Nc1c(F)cccc1F.CCOC(=O)c1ccc(Cl)nc1-c1ccc(F)cc1F. The molecule has 0 saturated carbocycles. The largest absolute Gasteiger partial charge is 0.462 e. The molecule has 0 bridgehead atoms. The van der Waals surface area contributed by atoms with Gasteiger partial charge in [-0.2, -0.15) is 0 Å². The van der Waals surface area contributed by atoms with Crippen molar-refractivity contribution in [2.75, 3.05) is 11.9 Å². The second-order valence-corrected chi connectivity index (χ2v) is 8.49. The molecule has 192 valence electrons. The molecule has 0 fully saturated rings. The number of aromatic nitrogens is 1. The van der Waals surface area contributed by atoms with Gasteiger partial charge in [-0.1, -0.05) is 17.7 Å². The van der Waals surface area contributed by atoms with Crippen molar-refractivity contribution >= 4 is 29.4 Å². The molecule has 0 radical (unpaired) electrons. The lowest BCUT2D eigenvalue weighted by Crippen LogP contribution is -2.27. The summed E-state index contributed by atoms with van der Waals surface area (Å²) in [6, 6.07) is 9.11. The van der Waals surface area contributed by atoms with Crippen LogP contribution in [-0.4, -0.2) is 29.3 Å². The van der Waals surface area contributed by atoms with Gasteiger partial charge in [-0.25, -0.2) is 32.1 Å². The molecule has 2 aromatic carbocycles. The monoisotopic (exact) mass is 526 g/mol. The van der Waals surface area contributed by atoms with Crippen molar-refractivity contribution in [2.24, 2.45) is 0 Å². The zero-order chi connectivity index (χ0) is 27.0. The van der Waals surface area contributed by atoms with Gasteiger partial charge in [-0.15, -0.1) is 0 Å². The minimum Gasteiger partial charge on any atom is -0.462 e. The molecule has 11 heteroatoms. The molecule has 3 rings (SSSR count). The smallest absolute Gasteiger partial charge is 0.412 e. The average molecular weight is 527 g/mol. The Hall–Kier alpha value is -3.66. The molecular formula is C25H23ClF4N2O4. The number of para-hydroxylation sites is 1. The van der Waals surface area contributed by atoms with Crippen LogP contribution in [0.5, 0.6) is 0 Å². The zero-order valence-electron chi connectivity index (χ0n) is 19.8. The fourth-order valence-corrected chi connectivity index (χ4v) is 2.87. The van der Waals surface area contributed by atoms with Crippen LogP contribution < -0.4 is 5.32 Å². The Morgan fingerprint density at radius 3 is 2.17 bits per heavy atom. The Kier molecular flexibility index (Phi) is 9.80. The maximum absolute atomic E-state index is 13.8. The van der Waals surface area contributed by atoms with Crippen LogP contribution in [0.3, 0.4) is 0 Å². The van der Waals surface area contributed by atoms with Gasteiger partial charge in [0.25, 0.3) is 0 Å². The van der Waals surface area contributed by atoms with Gasteiger partial charge in [0.2, 0.25) is 0 Å². The first kappa shape index (κ1) is 28.6. The lowest BCUT2D eigenvalue weighted by Gasteiger charge is -2.19. The Morgan fingerprint density at radius 2 is 1.61 bits per heavy atom. The van der Waals surface area contributed by atoms with Gasteiger partial charge in [-0.3, -0.25) is 5.32 Å². The summed E-state index contributed by atoms with van der Waals surface area (Å²) in [5.41, 5.74) is -1.14. The molecule has 0 aliphatic carbocycles. The molecule has 0 atom stereocenters. The van der Waals surface area contributed by atoms with Gasteiger partial charge < -0.3 is 9.47 Å². The number of pyridine rings is 1. The first-order valence-electron chi connectivity index (χ1n) is 10.6. The van der Waals surface area contributed by atoms with Gasteiger partial charge in [0.1, 0.15) is 39.7 Å². The second-order valence-electron chi connectivity index (χ2n) is 8.10. The summed E-state index contributed by atoms with van der Waals surface area (Å²) in [4.78, 5) is 27.0. The number of rotatable bonds is 4. The predicted molar refractivity (Wildman–Crippen MR) is 127 cm³/mol. The van der Waals surface area contributed by atoms with E-state index in [0.717, 1.165) is 18.2 Å². The quantitative estimate of drug-likeness (QED) is 0.221. The molecule has 36 heavy (non-hydrogen) atoms. The summed E-state index contributed by atoms with van der Waals surface area (Å²) in [6.45, 7) is 6.80. The van der Waals surface area contributed by atoms with Crippen molar-refractivity contribution in [1.29, 1.82) is 0 Å². The molecule has 0 saturated heterocycles. The molecule has 0 unspecified atom stereocenters. The lowest BCUT2D eigenvalue weighted by atomic mass is 10.1. The minimum absolute atomic E-state index is 0.0167. The number of carbonyl (C=O) groups is 2. The van der Waals surface area contributed by atoms with E-state index in [-0.39, 0.29) is 28.6 Å². The van der Waals surface area contributed by atoms with Crippen LogP contribution in [0.4, 0.5) is 28.0 Å². The topological polar surface area (TPSA) is 77.5 Å². The Bertz CT molecular complexity index is 1230. The molecule has 3 aromatic rings. The molecule has 1 heterocycles. The van der Waals surface area contributed by atoms with E-state index in [1.54, 1.807) is 27.7 Å². The van der Waals surface area contributed by atoms with Crippen LogP contribution in [0.15, 0.2) is 48.5 Å². The van der Waals surface area contributed by atoms with Gasteiger partial charge in [0.15, 0.2) is 0 Å². The van der Waals surface area contributed by atoms with Gasteiger partial charge in [0.05, 0.1) is 17.9 Å². The van der Waals surface area contributed by atoms with E-state index in [1.165, 1.54) is 24.3 Å². The van der Waals surface area contributed by atoms with Crippen molar-refractivity contribution in [3.63, 3.8) is 0 Å². The molecule has 1 aromatic heterocycles. The second kappa shape index (κ2) is 12.3. The van der Waals surface area contributed by atoms with Gasteiger partial charge in [0, 0.05) is 11.6 Å². The highest BCUT2D eigenvalue weighted by molar-refractivity contribution is 6.29. The molecule has 0 aliphatic rings. The third-order valence-corrected chi connectivity index (χ3v) is 4.34. The molecule has 0 spiro atoms. The van der Waals surface area contributed by atoms with E-state index in [2.05, 4.69) is 4.98 Å². The Balaban J connectivity index is 0.000000261. The fourth-order valence-electron chi connectivity index (χ4n) is 2.72. The maximum Gasteiger partial charge on any atom is 0.412 e. The van der Waals surface area contributed by atoms with Crippen molar-refractivity contribution in [3.8, 4) is 11.3 Å². The van der Waals surface area contributed by atoms with Crippen molar-refractivity contribution in [1.82, 2.24) is 4.98 Å². The van der Waals surface area contributed by atoms with Gasteiger partial charge >= 0.3 is 12.1 Å². The van der Waals surface area contributed by atoms with E-state index in [4.69, 9.17) is 21.1 Å². The van der Waals surface area contributed by atoms with Crippen LogP contribution in [0.1, 0.15) is 38.1 Å². The van der Waals surface area contributed by atoms with E-state index >= 15 is 0 Å². The third-order valence-electron chi connectivity index (χ3n) is 4.13. The van der Waals surface area contributed by atoms with Gasteiger partial charge in [-0.05, 0) is 64.1 Å². The van der Waals surface area contributed by atoms with Crippen LogP contribution in [0.2, 0.25) is 5.15 Å². The zero-order valence-corrected chi connectivity index (χ0v) is 20.6. The lowest BCUT2D eigenvalue weighted by molar-refractivity contribution is 0.0526. The number of nitrogens with one attached hydrogen (secondary N) is 1. The normalized spacial score (nSPS) is 10.7. The molecule has 1 amide bonds. The summed E-state index contributed by atoms with van der Waals surface area (Å²) < 4.78 is 62.8. The highest BCUT2D eigenvalue weighted by Crippen LogP contribution is 2.27. The van der Waals surface area contributed by atoms with Crippen molar-refractivity contribution in [3.05, 3.63) is 82.5 Å². The van der Waals surface area contributed by atoms with Crippen LogP contribution in [0.25, 0.3) is 11.3 Å². The van der Waals surface area contributed by atoms with Crippen molar-refractivity contribution in [2.45, 2.75) is 33.3 Å². The molecular weight excluding hydrogens is 504 g/mol. The number of nitrogens with zero attached hydrogens (tertiary/aromatic N) is 1. The summed E-state index contributed by atoms with van der Waals surface area (Å²) in [7, 11) is 0. The third kappa shape index (κ3) is 8.23. The number of ether oxygens (including phenoxy) is 2. The summed E-state index contributed by atoms with van der Waals surface area (Å²) in [5.74, 6) is -3.87. The fraction of sp³-hybridized carbons (Fsp3) is 0.240. The van der Waals surface area contributed by atoms with Crippen LogP contribution >= 0.6 is 11.6 Å². The standard InChI is InChI=1S/C14H10ClF2NO2.C11H13F2NO2/c1-2-20-14(19)10-5-6-12(15)18-13(10)9-4-3-8(16)7-11(9)17;1-11(2,3)16-10(15)14-9-7(12)5-4-6-8(9)13/h3-7H,2H2,1H3;4-6H,1-3H3,(H,14,15). The number of carbonyl (C=O) groups excluding carboxylic acids is 2. The number of anilines is 1. The number of hydrogen-bond donors (Lipinski definition) is 1. The maximum atomic E-state index is 13.8. The van der Waals surface area contributed by atoms with E-state index in [9.17, 15) is 27.2 Å². The number of esters is 1. The van der Waals surface area contributed by atoms with E-state index in [0.29, 0.717) is 6.07 Å². The van der Waals surface area contributed by atoms with E-state index < -0.39 is 46.6 Å². The van der Waals surface area contributed by atoms with Crippen molar-refractivity contribution < 1.29 is 36.6 Å².